The third kappa shape index (κ3) is 5.62. The molecule has 0 bridgehead atoms. The van der Waals surface area contributed by atoms with Crippen LogP contribution in [-0.2, 0) is 13.0 Å². The van der Waals surface area contributed by atoms with Crippen LogP contribution >= 0.6 is 24.0 Å². The second-order valence-corrected chi connectivity index (χ2v) is 6.57. The van der Waals surface area contributed by atoms with Crippen LogP contribution in [0.4, 0.5) is 0 Å². The van der Waals surface area contributed by atoms with Crippen molar-refractivity contribution in [2.45, 2.75) is 19.9 Å². The standard InChI is InChI=1S/C21H24N6O2.HI/c1-2-23-21(24-10-9-16-5-8-19-20(11-16)29-15-28-19)25-12-17-3-6-18(7-4-17)27-14-22-13-26-27;/h3-8,11,13-14H,2,9-10,12,15H2,1H3,(H2,23,24,25);1H. The maximum absolute atomic E-state index is 5.44. The smallest absolute Gasteiger partial charge is 0.231 e. The lowest BCUT2D eigenvalue weighted by molar-refractivity contribution is 0.174. The van der Waals surface area contributed by atoms with Crippen molar-refractivity contribution in [1.82, 2.24) is 25.4 Å². The van der Waals surface area contributed by atoms with Crippen molar-refractivity contribution in [3.63, 3.8) is 0 Å². The van der Waals surface area contributed by atoms with Gasteiger partial charge in [-0.3, -0.25) is 0 Å². The summed E-state index contributed by atoms with van der Waals surface area (Å²) in [6.07, 6.45) is 4.07. The number of guanidine groups is 1. The summed E-state index contributed by atoms with van der Waals surface area (Å²) >= 11 is 0. The van der Waals surface area contributed by atoms with Gasteiger partial charge >= 0.3 is 0 Å². The second-order valence-electron chi connectivity index (χ2n) is 6.57. The number of hydrogen-bond donors (Lipinski definition) is 2. The first-order chi connectivity index (χ1) is 14.3. The van der Waals surface area contributed by atoms with E-state index >= 15 is 0 Å². The monoisotopic (exact) mass is 520 g/mol. The van der Waals surface area contributed by atoms with Crippen molar-refractivity contribution >= 4 is 29.9 Å². The number of hydrogen-bond acceptors (Lipinski definition) is 5. The van der Waals surface area contributed by atoms with Crippen LogP contribution in [-0.4, -0.2) is 40.6 Å². The van der Waals surface area contributed by atoms with Gasteiger partial charge in [-0.2, -0.15) is 5.10 Å². The normalized spacial score (nSPS) is 12.4. The molecule has 30 heavy (non-hydrogen) atoms. The number of halogens is 1. The number of benzene rings is 2. The molecule has 2 N–H and O–H groups in total. The molecule has 1 aliphatic rings. The largest absolute Gasteiger partial charge is 0.454 e. The number of fused-ring (bicyclic) bond motifs is 1. The van der Waals surface area contributed by atoms with E-state index in [4.69, 9.17) is 9.47 Å². The van der Waals surface area contributed by atoms with Crippen LogP contribution in [0.25, 0.3) is 5.69 Å². The quantitative estimate of drug-likeness (QED) is 0.283. The molecule has 0 amide bonds. The van der Waals surface area contributed by atoms with Crippen molar-refractivity contribution < 1.29 is 9.47 Å². The molecule has 0 radical (unpaired) electrons. The zero-order chi connectivity index (χ0) is 19.9. The molecular weight excluding hydrogens is 495 g/mol. The Bertz CT molecular complexity index is 960. The van der Waals surface area contributed by atoms with E-state index in [1.165, 1.54) is 11.9 Å². The molecule has 1 aliphatic heterocycles. The fourth-order valence-corrected chi connectivity index (χ4v) is 3.03. The van der Waals surface area contributed by atoms with Crippen LogP contribution in [0.5, 0.6) is 11.5 Å². The predicted molar refractivity (Wildman–Crippen MR) is 126 cm³/mol. The fraction of sp³-hybridized carbons (Fsp3) is 0.286. The second kappa shape index (κ2) is 10.8. The molecule has 158 valence electrons. The number of rotatable bonds is 7. The zero-order valence-corrected chi connectivity index (χ0v) is 19.1. The zero-order valence-electron chi connectivity index (χ0n) is 16.7. The Morgan fingerprint density at radius 3 is 2.63 bits per heavy atom. The summed E-state index contributed by atoms with van der Waals surface area (Å²) in [5.41, 5.74) is 3.30. The highest BCUT2D eigenvalue weighted by molar-refractivity contribution is 14.0. The molecule has 0 unspecified atom stereocenters. The van der Waals surface area contributed by atoms with Gasteiger partial charge in [-0.15, -0.1) is 24.0 Å². The SMILES string of the molecule is CCNC(=NCc1ccc(-n2cncn2)cc1)NCCc1ccc2c(c1)OCO2.I. The number of aromatic nitrogens is 3. The van der Waals surface area contributed by atoms with Gasteiger partial charge in [0.1, 0.15) is 12.7 Å². The van der Waals surface area contributed by atoms with E-state index < -0.39 is 0 Å². The van der Waals surface area contributed by atoms with Crippen molar-refractivity contribution in [3.8, 4) is 17.2 Å². The molecule has 2 aromatic carbocycles. The van der Waals surface area contributed by atoms with Crippen LogP contribution in [0.3, 0.4) is 0 Å². The molecule has 0 saturated carbocycles. The Morgan fingerprint density at radius 2 is 1.87 bits per heavy atom. The van der Waals surface area contributed by atoms with Crippen LogP contribution in [0, 0.1) is 0 Å². The molecule has 4 rings (SSSR count). The maximum atomic E-state index is 5.44. The van der Waals surface area contributed by atoms with E-state index in [-0.39, 0.29) is 24.0 Å². The van der Waals surface area contributed by atoms with Gasteiger partial charge in [0.05, 0.1) is 12.2 Å². The van der Waals surface area contributed by atoms with Gasteiger partial charge in [-0.25, -0.2) is 14.7 Å². The van der Waals surface area contributed by atoms with E-state index in [9.17, 15) is 0 Å². The topological polar surface area (TPSA) is 85.6 Å². The van der Waals surface area contributed by atoms with Crippen molar-refractivity contribution in [1.29, 1.82) is 0 Å². The Labute approximate surface area is 192 Å². The van der Waals surface area contributed by atoms with E-state index in [2.05, 4.69) is 50.8 Å². The minimum absolute atomic E-state index is 0. The van der Waals surface area contributed by atoms with Gasteiger partial charge in [0.2, 0.25) is 6.79 Å². The molecular formula is C21H25IN6O2. The van der Waals surface area contributed by atoms with E-state index in [1.807, 2.05) is 24.3 Å². The number of nitrogens with one attached hydrogen (secondary N) is 2. The van der Waals surface area contributed by atoms with E-state index in [0.717, 1.165) is 48.2 Å². The molecule has 9 heteroatoms. The van der Waals surface area contributed by atoms with Crippen LogP contribution in [0.2, 0.25) is 0 Å². The first kappa shape index (κ1) is 21.9. The van der Waals surface area contributed by atoms with Gasteiger partial charge in [0, 0.05) is 13.1 Å². The molecule has 1 aromatic heterocycles. The minimum Gasteiger partial charge on any atom is -0.454 e. The fourth-order valence-electron chi connectivity index (χ4n) is 3.03. The highest BCUT2D eigenvalue weighted by Gasteiger charge is 2.12. The average molecular weight is 520 g/mol. The van der Waals surface area contributed by atoms with Gasteiger partial charge in [0.15, 0.2) is 17.5 Å². The summed E-state index contributed by atoms with van der Waals surface area (Å²) in [6, 6.07) is 14.2. The molecule has 3 aromatic rings. The number of ether oxygens (including phenoxy) is 2. The van der Waals surface area contributed by atoms with E-state index in [1.54, 1.807) is 11.0 Å². The summed E-state index contributed by atoms with van der Waals surface area (Å²) in [6.45, 7) is 4.53. The first-order valence-corrected chi connectivity index (χ1v) is 9.66. The molecule has 8 nitrogen and oxygen atoms in total. The summed E-state index contributed by atoms with van der Waals surface area (Å²) in [7, 11) is 0. The van der Waals surface area contributed by atoms with Crippen molar-refractivity contribution in [2.24, 2.45) is 4.99 Å². The van der Waals surface area contributed by atoms with Crippen LogP contribution < -0.4 is 20.1 Å². The molecule has 0 spiro atoms. The third-order valence-electron chi connectivity index (χ3n) is 4.53. The molecule has 0 aliphatic carbocycles. The molecule has 0 fully saturated rings. The third-order valence-corrected chi connectivity index (χ3v) is 4.53. The lowest BCUT2D eigenvalue weighted by Crippen LogP contribution is -2.38. The summed E-state index contributed by atoms with van der Waals surface area (Å²) < 4.78 is 12.5. The molecule has 0 saturated heterocycles. The highest BCUT2D eigenvalue weighted by atomic mass is 127. The van der Waals surface area contributed by atoms with Crippen LogP contribution in [0.1, 0.15) is 18.1 Å². The summed E-state index contributed by atoms with van der Waals surface area (Å²) in [4.78, 5) is 8.65. The Kier molecular flexibility index (Phi) is 7.89. The lowest BCUT2D eigenvalue weighted by Gasteiger charge is -2.11. The molecule has 0 atom stereocenters. The number of aliphatic imine (C=N–C) groups is 1. The lowest BCUT2D eigenvalue weighted by atomic mass is 10.1. The Hall–Kier alpha value is -2.82. The summed E-state index contributed by atoms with van der Waals surface area (Å²) in [5, 5.41) is 10.8. The van der Waals surface area contributed by atoms with Crippen LogP contribution in [0.15, 0.2) is 60.1 Å². The number of nitrogens with zero attached hydrogens (tertiary/aromatic N) is 4. The van der Waals surface area contributed by atoms with Gasteiger partial charge in [-0.1, -0.05) is 18.2 Å². The minimum atomic E-state index is 0. The van der Waals surface area contributed by atoms with E-state index in [0.29, 0.717) is 13.3 Å². The highest BCUT2D eigenvalue weighted by Crippen LogP contribution is 2.32. The predicted octanol–water partition coefficient (Wildman–Crippen LogP) is 2.91. The van der Waals surface area contributed by atoms with Crippen molar-refractivity contribution in [2.75, 3.05) is 19.9 Å². The van der Waals surface area contributed by atoms with Crippen molar-refractivity contribution in [3.05, 3.63) is 66.2 Å². The van der Waals surface area contributed by atoms with Gasteiger partial charge in [-0.05, 0) is 48.7 Å². The average Bonchev–Trinajstić information content (AvgIpc) is 3.44. The Balaban J connectivity index is 0.00000256. The van der Waals surface area contributed by atoms with Gasteiger partial charge in [0.25, 0.3) is 0 Å². The maximum Gasteiger partial charge on any atom is 0.231 e. The molecule has 2 heterocycles. The Morgan fingerprint density at radius 1 is 1.07 bits per heavy atom. The summed E-state index contributed by atoms with van der Waals surface area (Å²) in [5.74, 6) is 2.43. The van der Waals surface area contributed by atoms with Gasteiger partial charge < -0.3 is 20.1 Å². The first-order valence-electron chi connectivity index (χ1n) is 9.66.